The number of fused-ring (bicyclic) bond motifs is 1. The molecule has 4 nitrogen and oxygen atoms in total. The lowest BCUT2D eigenvalue weighted by Gasteiger charge is -2.17. The molecule has 1 heterocycles. The molecule has 0 saturated carbocycles. The molecule has 1 aliphatic heterocycles. The van der Waals surface area contributed by atoms with E-state index in [0.29, 0.717) is 12.3 Å². The van der Waals surface area contributed by atoms with Crippen LogP contribution in [0.3, 0.4) is 0 Å². The number of nitrogens with zero attached hydrogens (tertiary/aromatic N) is 1. The molecule has 2 N–H and O–H groups in total. The standard InChI is InChI=1S/C17H27N3OS/c1-3-20(4-2)7-8-22-13-17(21)19-10-14-5-6-15-11-18-12-16(15)9-14/h5-6,9,18H,3-4,7-8,10-13H2,1-2H3,(H,19,21). The first-order valence-electron chi connectivity index (χ1n) is 8.11. The SMILES string of the molecule is CCN(CC)CCSCC(=O)NCc1ccc2c(c1)CNC2. The van der Waals surface area contributed by atoms with E-state index >= 15 is 0 Å². The predicted octanol–water partition coefficient (Wildman–Crippen LogP) is 1.98. The Morgan fingerprint density at radius 1 is 1.27 bits per heavy atom. The summed E-state index contributed by atoms with van der Waals surface area (Å²) >= 11 is 1.71. The molecule has 1 aromatic carbocycles. The summed E-state index contributed by atoms with van der Waals surface area (Å²) < 4.78 is 0. The fourth-order valence-corrected chi connectivity index (χ4v) is 3.43. The Kier molecular flexibility index (Phi) is 7.22. The van der Waals surface area contributed by atoms with Crippen molar-refractivity contribution in [1.29, 1.82) is 0 Å². The van der Waals surface area contributed by atoms with Crippen LogP contribution in [0.1, 0.15) is 30.5 Å². The van der Waals surface area contributed by atoms with Crippen LogP contribution in [0, 0.1) is 0 Å². The third kappa shape index (κ3) is 5.30. The van der Waals surface area contributed by atoms with Gasteiger partial charge in [0.25, 0.3) is 0 Å². The fraction of sp³-hybridized carbons (Fsp3) is 0.588. The van der Waals surface area contributed by atoms with E-state index in [4.69, 9.17) is 0 Å². The molecule has 122 valence electrons. The quantitative estimate of drug-likeness (QED) is 0.683. The molecule has 1 aromatic rings. The number of benzene rings is 1. The number of hydrogen-bond donors (Lipinski definition) is 2. The van der Waals surface area contributed by atoms with E-state index in [1.807, 2.05) is 0 Å². The van der Waals surface area contributed by atoms with Gasteiger partial charge in [0.05, 0.1) is 5.75 Å². The molecular formula is C17H27N3OS. The lowest BCUT2D eigenvalue weighted by molar-refractivity contribution is -0.118. The van der Waals surface area contributed by atoms with Gasteiger partial charge < -0.3 is 15.5 Å². The number of hydrogen-bond acceptors (Lipinski definition) is 4. The van der Waals surface area contributed by atoms with Crippen molar-refractivity contribution in [3.8, 4) is 0 Å². The monoisotopic (exact) mass is 321 g/mol. The van der Waals surface area contributed by atoms with Crippen molar-refractivity contribution in [2.24, 2.45) is 0 Å². The summed E-state index contributed by atoms with van der Waals surface area (Å²) in [6.45, 7) is 10.1. The van der Waals surface area contributed by atoms with Crippen LogP contribution in [0.25, 0.3) is 0 Å². The van der Waals surface area contributed by atoms with Crippen molar-refractivity contribution in [2.45, 2.75) is 33.5 Å². The molecule has 0 unspecified atom stereocenters. The molecule has 0 radical (unpaired) electrons. The van der Waals surface area contributed by atoms with Gasteiger partial charge in [-0.1, -0.05) is 32.0 Å². The Hall–Kier alpha value is -1.04. The Balaban J connectivity index is 1.63. The lowest BCUT2D eigenvalue weighted by Crippen LogP contribution is -2.27. The van der Waals surface area contributed by atoms with Crippen LogP contribution in [0.5, 0.6) is 0 Å². The Morgan fingerprint density at radius 2 is 2.05 bits per heavy atom. The van der Waals surface area contributed by atoms with E-state index in [2.05, 4.69) is 47.6 Å². The van der Waals surface area contributed by atoms with Gasteiger partial charge >= 0.3 is 0 Å². The summed E-state index contributed by atoms with van der Waals surface area (Å²) in [6.07, 6.45) is 0. The second-order valence-corrected chi connectivity index (χ2v) is 6.67. The van der Waals surface area contributed by atoms with Crippen LogP contribution in [-0.2, 0) is 24.4 Å². The molecule has 0 bridgehead atoms. The largest absolute Gasteiger partial charge is 0.351 e. The first-order chi connectivity index (χ1) is 10.7. The second kappa shape index (κ2) is 9.18. The fourth-order valence-electron chi connectivity index (χ4n) is 2.61. The zero-order chi connectivity index (χ0) is 15.8. The van der Waals surface area contributed by atoms with Gasteiger partial charge in [-0.2, -0.15) is 11.8 Å². The number of nitrogens with one attached hydrogen (secondary N) is 2. The highest BCUT2D eigenvalue weighted by Crippen LogP contribution is 2.16. The summed E-state index contributed by atoms with van der Waals surface area (Å²) in [6, 6.07) is 6.47. The first-order valence-corrected chi connectivity index (χ1v) is 9.26. The van der Waals surface area contributed by atoms with Gasteiger partial charge in [-0.25, -0.2) is 0 Å². The van der Waals surface area contributed by atoms with Gasteiger partial charge in [0.2, 0.25) is 5.91 Å². The molecule has 0 aromatic heterocycles. The van der Waals surface area contributed by atoms with Crippen LogP contribution in [0.2, 0.25) is 0 Å². The van der Waals surface area contributed by atoms with Gasteiger partial charge in [-0.3, -0.25) is 4.79 Å². The summed E-state index contributed by atoms with van der Waals surface area (Å²) in [7, 11) is 0. The molecule has 1 amide bonds. The minimum Gasteiger partial charge on any atom is -0.351 e. The smallest absolute Gasteiger partial charge is 0.230 e. The molecule has 0 fully saturated rings. The molecule has 0 aliphatic carbocycles. The maximum Gasteiger partial charge on any atom is 0.230 e. The molecule has 2 rings (SSSR count). The lowest BCUT2D eigenvalue weighted by atomic mass is 10.1. The molecule has 22 heavy (non-hydrogen) atoms. The van der Waals surface area contributed by atoms with Crippen molar-refractivity contribution in [1.82, 2.24) is 15.5 Å². The molecule has 0 atom stereocenters. The van der Waals surface area contributed by atoms with Crippen molar-refractivity contribution in [3.05, 3.63) is 34.9 Å². The highest BCUT2D eigenvalue weighted by atomic mass is 32.2. The minimum atomic E-state index is 0.128. The van der Waals surface area contributed by atoms with Gasteiger partial charge in [-0.15, -0.1) is 0 Å². The highest BCUT2D eigenvalue weighted by molar-refractivity contribution is 7.99. The third-order valence-electron chi connectivity index (χ3n) is 4.07. The van der Waals surface area contributed by atoms with Crippen molar-refractivity contribution in [3.63, 3.8) is 0 Å². The number of rotatable bonds is 9. The van der Waals surface area contributed by atoms with Crippen LogP contribution in [-0.4, -0.2) is 41.9 Å². The van der Waals surface area contributed by atoms with E-state index in [-0.39, 0.29) is 5.91 Å². The van der Waals surface area contributed by atoms with Crippen molar-refractivity contribution >= 4 is 17.7 Å². The number of carbonyl (C=O) groups excluding carboxylic acids is 1. The summed E-state index contributed by atoms with van der Waals surface area (Å²) in [5.74, 6) is 1.69. The van der Waals surface area contributed by atoms with E-state index in [1.54, 1.807) is 11.8 Å². The molecule has 5 heteroatoms. The Labute approximate surface area is 138 Å². The topological polar surface area (TPSA) is 44.4 Å². The van der Waals surface area contributed by atoms with E-state index in [9.17, 15) is 4.79 Å². The van der Waals surface area contributed by atoms with Crippen molar-refractivity contribution < 1.29 is 4.79 Å². The highest BCUT2D eigenvalue weighted by Gasteiger charge is 2.10. The predicted molar refractivity (Wildman–Crippen MR) is 93.9 cm³/mol. The maximum atomic E-state index is 11.9. The summed E-state index contributed by atoms with van der Waals surface area (Å²) in [5, 5.41) is 6.35. The van der Waals surface area contributed by atoms with Gasteiger partial charge in [0.1, 0.15) is 0 Å². The van der Waals surface area contributed by atoms with Crippen LogP contribution in [0.4, 0.5) is 0 Å². The average molecular weight is 321 g/mol. The third-order valence-corrected chi connectivity index (χ3v) is 5.01. The summed E-state index contributed by atoms with van der Waals surface area (Å²) in [5.41, 5.74) is 3.92. The average Bonchev–Trinajstić information content (AvgIpc) is 3.00. The van der Waals surface area contributed by atoms with Gasteiger partial charge in [0, 0.05) is 31.9 Å². The number of carbonyl (C=O) groups is 1. The van der Waals surface area contributed by atoms with E-state index in [0.717, 1.165) is 38.5 Å². The van der Waals surface area contributed by atoms with Gasteiger partial charge in [0.15, 0.2) is 0 Å². The molecule has 0 spiro atoms. The van der Waals surface area contributed by atoms with Crippen molar-refractivity contribution in [2.75, 3.05) is 31.1 Å². The van der Waals surface area contributed by atoms with Crippen LogP contribution >= 0.6 is 11.8 Å². The van der Waals surface area contributed by atoms with Crippen LogP contribution in [0.15, 0.2) is 18.2 Å². The second-order valence-electron chi connectivity index (χ2n) is 5.56. The first kappa shape index (κ1) is 17.3. The normalized spacial score (nSPS) is 13.4. The Bertz CT molecular complexity index is 489. The number of amides is 1. The molecule has 0 saturated heterocycles. The van der Waals surface area contributed by atoms with E-state index in [1.165, 1.54) is 16.7 Å². The Morgan fingerprint density at radius 3 is 2.82 bits per heavy atom. The zero-order valence-corrected chi connectivity index (χ0v) is 14.5. The molecular weight excluding hydrogens is 294 g/mol. The number of thioether (sulfide) groups is 1. The van der Waals surface area contributed by atoms with Gasteiger partial charge in [-0.05, 0) is 29.8 Å². The minimum absolute atomic E-state index is 0.128. The molecule has 1 aliphatic rings. The maximum absolute atomic E-state index is 11.9. The zero-order valence-electron chi connectivity index (χ0n) is 13.7. The van der Waals surface area contributed by atoms with E-state index < -0.39 is 0 Å². The van der Waals surface area contributed by atoms with Crippen LogP contribution < -0.4 is 10.6 Å². The summed E-state index contributed by atoms with van der Waals surface area (Å²) in [4.78, 5) is 14.3.